The van der Waals surface area contributed by atoms with Crippen molar-refractivity contribution >= 4 is 17.7 Å². The largest absolute Gasteiger partial charge is 0.434 e. The SMILES string of the molecule is O=C(OC(C(F)(F)F)C(F)(F)F)N1CCC(CCc2ccc(Cl)cc2)CC1. The topological polar surface area (TPSA) is 29.5 Å². The molecule has 0 bridgehead atoms. The lowest BCUT2D eigenvalue weighted by molar-refractivity contribution is -0.308. The van der Waals surface area contributed by atoms with Crippen LogP contribution in [0.5, 0.6) is 0 Å². The van der Waals surface area contributed by atoms with E-state index in [0.717, 1.165) is 23.3 Å². The van der Waals surface area contributed by atoms with Crippen molar-refractivity contribution in [3.63, 3.8) is 0 Å². The quantitative estimate of drug-likeness (QED) is 0.595. The number of carbonyl (C=O) groups excluding carboxylic acids is 1. The van der Waals surface area contributed by atoms with Gasteiger partial charge in [-0.1, -0.05) is 23.7 Å². The molecule has 0 saturated carbocycles. The Bertz CT molecular complexity index is 610. The van der Waals surface area contributed by atoms with Gasteiger partial charge in [0.05, 0.1) is 0 Å². The maximum absolute atomic E-state index is 12.5. The Hall–Kier alpha value is -1.64. The number of aryl methyl sites for hydroxylation is 1. The molecule has 2 rings (SSSR count). The number of likely N-dealkylation sites (tertiary alicyclic amines) is 1. The van der Waals surface area contributed by atoms with E-state index in [2.05, 4.69) is 4.74 Å². The van der Waals surface area contributed by atoms with Crippen molar-refractivity contribution in [3.05, 3.63) is 34.9 Å². The summed E-state index contributed by atoms with van der Waals surface area (Å²) in [5.41, 5.74) is 1.08. The third-order valence-electron chi connectivity index (χ3n) is 4.44. The monoisotopic (exact) mass is 417 g/mol. The molecule has 0 atom stereocenters. The van der Waals surface area contributed by atoms with Crippen molar-refractivity contribution < 1.29 is 35.9 Å². The van der Waals surface area contributed by atoms with Crippen LogP contribution in [0, 0.1) is 5.92 Å². The third kappa shape index (κ3) is 6.48. The smallest absolute Gasteiger partial charge is 0.426 e. The lowest BCUT2D eigenvalue weighted by Crippen LogP contribution is -2.49. The minimum atomic E-state index is -5.70. The van der Waals surface area contributed by atoms with Crippen LogP contribution in [0.25, 0.3) is 0 Å². The van der Waals surface area contributed by atoms with E-state index in [4.69, 9.17) is 11.6 Å². The highest BCUT2D eigenvalue weighted by Crippen LogP contribution is 2.36. The summed E-state index contributed by atoms with van der Waals surface area (Å²) in [6, 6.07) is 7.33. The number of ether oxygens (including phenoxy) is 1. The molecule has 0 aliphatic carbocycles. The van der Waals surface area contributed by atoms with E-state index < -0.39 is 24.5 Å². The zero-order chi connectivity index (χ0) is 20.2. The summed E-state index contributed by atoms with van der Waals surface area (Å²) < 4.78 is 78.5. The first-order valence-electron chi connectivity index (χ1n) is 8.30. The fraction of sp³-hybridized carbons (Fsp3) is 0.588. The second kappa shape index (κ2) is 8.58. The molecule has 0 unspecified atom stereocenters. The summed E-state index contributed by atoms with van der Waals surface area (Å²) in [6.07, 6.45) is -14.5. The van der Waals surface area contributed by atoms with E-state index in [1.54, 1.807) is 12.1 Å². The van der Waals surface area contributed by atoms with Crippen molar-refractivity contribution in [2.24, 2.45) is 5.92 Å². The van der Waals surface area contributed by atoms with Crippen molar-refractivity contribution in [1.29, 1.82) is 0 Å². The predicted octanol–water partition coefficient (Wildman–Crippen LogP) is 5.61. The van der Waals surface area contributed by atoms with Crippen LogP contribution in [0.3, 0.4) is 0 Å². The Morgan fingerprint density at radius 3 is 2.07 bits per heavy atom. The fourth-order valence-electron chi connectivity index (χ4n) is 2.92. The molecule has 0 aromatic heterocycles. The zero-order valence-electron chi connectivity index (χ0n) is 14.1. The number of hydrogen-bond acceptors (Lipinski definition) is 2. The minimum Gasteiger partial charge on any atom is -0.426 e. The van der Waals surface area contributed by atoms with Crippen LogP contribution in [-0.4, -0.2) is 42.5 Å². The molecular formula is C17H18ClF6NO2. The van der Waals surface area contributed by atoms with Crippen LogP contribution in [0.2, 0.25) is 5.02 Å². The Balaban J connectivity index is 1.82. The number of piperidine rings is 1. The van der Waals surface area contributed by atoms with Crippen molar-refractivity contribution in [1.82, 2.24) is 4.90 Å². The van der Waals surface area contributed by atoms with Crippen molar-refractivity contribution in [3.8, 4) is 0 Å². The first-order chi connectivity index (χ1) is 12.5. The van der Waals surface area contributed by atoms with Crippen LogP contribution < -0.4 is 0 Å². The molecule has 1 aliphatic rings. The maximum Gasteiger partial charge on any atom is 0.434 e. The fourth-order valence-corrected chi connectivity index (χ4v) is 3.05. The van der Waals surface area contributed by atoms with Gasteiger partial charge in [-0.2, -0.15) is 26.3 Å². The van der Waals surface area contributed by atoms with Crippen LogP contribution >= 0.6 is 11.6 Å². The number of halogens is 7. The van der Waals surface area contributed by atoms with Gasteiger partial charge in [0.1, 0.15) is 0 Å². The first-order valence-corrected chi connectivity index (χ1v) is 8.68. The highest BCUT2D eigenvalue weighted by Gasteiger charge is 2.60. The Labute approximate surface area is 157 Å². The zero-order valence-corrected chi connectivity index (χ0v) is 14.9. The molecule has 0 N–H and O–H groups in total. The minimum absolute atomic E-state index is 0.0621. The molecule has 152 valence electrons. The van der Waals surface area contributed by atoms with Crippen LogP contribution in [0.1, 0.15) is 24.8 Å². The first kappa shape index (κ1) is 21.7. The highest BCUT2D eigenvalue weighted by molar-refractivity contribution is 6.30. The van der Waals surface area contributed by atoms with Gasteiger partial charge in [0, 0.05) is 18.1 Å². The molecule has 3 nitrogen and oxygen atoms in total. The van der Waals surface area contributed by atoms with E-state index in [0.29, 0.717) is 17.9 Å². The molecule has 1 amide bonds. The van der Waals surface area contributed by atoms with Crippen LogP contribution in [0.4, 0.5) is 31.1 Å². The lowest BCUT2D eigenvalue weighted by Gasteiger charge is -2.33. The number of amides is 1. The normalized spacial score (nSPS) is 16.7. The Morgan fingerprint density at radius 1 is 1.07 bits per heavy atom. The van der Waals surface area contributed by atoms with Gasteiger partial charge in [0.25, 0.3) is 6.10 Å². The van der Waals surface area contributed by atoms with E-state index in [1.807, 2.05) is 12.1 Å². The molecule has 0 radical (unpaired) electrons. The predicted molar refractivity (Wildman–Crippen MR) is 86.4 cm³/mol. The van der Waals surface area contributed by atoms with Gasteiger partial charge in [0.2, 0.25) is 0 Å². The summed E-state index contributed by atoms with van der Waals surface area (Å²) >= 11 is 5.81. The number of benzene rings is 1. The van der Waals surface area contributed by atoms with E-state index in [1.165, 1.54) is 0 Å². The molecule has 1 heterocycles. The molecule has 1 aliphatic heterocycles. The summed E-state index contributed by atoms with van der Waals surface area (Å²) in [7, 11) is 0. The highest BCUT2D eigenvalue weighted by atomic mass is 35.5. The number of carbonyl (C=O) groups is 1. The third-order valence-corrected chi connectivity index (χ3v) is 4.69. The maximum atomic E-state index is 12.5. The summed E-state index contributed by atoms with van der Waals surface area (Å²) in [6.45, 7) is 0.124. The second-order valence-corrected chi connectivity index (χ2v) is 6.88. The molecule has 27 heavy (non-hydrogen) atoms. The lowest BCUT2D eigenvalue weighted by atomic mass is 9.91. The molecule has 0 spiro atoms. The summed E-state index contributed by atoms with van der Waals surface area (Å²) in [5, 5.41) is 0.626. The van der Waals surface area contributed by atoms with Gasteiger partial charge >= 0.3 is 18.4 Å². The van der Waals surface area contributed by atoms with Gasteiger partial charge in [0.15, 0.2) is 0 Å². The molecule has 1 fully saturated rings. The van der Waals surface area contributed by atoms with Gasteiger partial charge in [-0.05, 0) is 49.3 Å². The summed E-state index contributed by atoms with van der Waals surface area (Å²) in [4.78, 5) is 12.6. The molecule has 1 saturated heterocycles. The molecule has 10 heteroatoms. The van der Waals surface area contributed by atoms with Gasteiger partial charge in [-0.25, -0.2) is 4.79 Å². The van der Waals surface area contributed by atoms with Crippen molar-refractivity contribution in [2.75, 3.05) is 13.1 Å². The Morgan fingerprint density at radius 2 is 1.59 bits per heavy atom. The van der Waals surface area contributed by atoms with Crippen LogP contribution in [0.15, 0.2) is 24.3 Å². The average molecular weight is 418 g/mol. The standard InChI is InChI=1S/C17H18ClF6NO2/c18-13-5-3-11(4-6-13)1-2-12-7-9-25(10-8-12)15(26)27-14(16(19,20)21)17(22,23)24/h3-6,12,14H,1-2,7-10H2. The molecular weight excluding hydrogens is 400 g/mol. The van der Waals surface area contributed by atoms with Crippen molar-refractivity contribution in [2.45, 2.75) is 44.1 Å². The second-order valence-electron chi connectivity index (χ2n) is 6.44. The number of nitrogens with zero attached hydrogens (tertiary/aromatic N) is 1. The van der Waals surface area contributed by atoms with Gasteiger partial charge in [-0.3, -0.25) is 0 Å². The average Bonchev–Trinajstić information content (AvgIpc) is 2.57. The number of rotatable bonds is 4. The number of alkyl halides is 6. The number of hydrogen-bond donors (Lipinski definition) is 0. The van der Waals surface area contributed by atoms with Crippen LogP contribution in [-0.2, 0) is 11.2 Å². The van der Waals surface area contributed by atoms with E-state index in [9.17, 15) is 31.1 Å². The van der Waals surface area contributed by atoms with E-state index >= 15 is 0 Å². The van der Waals surface area contributed by atoms with Gasteiger partial charge in [-0.15, -0.1) is 0 Å². The van der Waals surface area contributed by atoms with E-state index in [-0.39, 0.29) is 19.0 Å². The van der Waals surface area contributed by atoms with Gasteiger partial charge < -0.3 is 9.64 Å². The molecule has 1 aromatic carbocycles. The summed E-state index contributed by atoms with van der Waals surface area (Å²) in [5.74, 6) is 0.228. The molecule has 1 aromatic rings. The Kier molecular flexibility index (Phi) is 6.88.